The lowest BCUT2D eigenvalue weighted by atomic mass is 9.76. The lowest BCUT2D eigenvalue weighted by Gasteiger charge is -2.37. The van der Waals surface area contributed by atoms with E-state index in [0.717, 1.165) is 19.7 Å². The number of rotatable bonds is 3. The van der Waals surface area contributed by atoms with Gasteiger partial charge in [0.25, 0.3) is 0 Å². The van der Waals surface area contributed by atoms with E-state index in [-0.39, 0.29) is 0 Å². The lowest BCUT2D eigenvalue weighted by molar-refractivity contribution is 0.374. The first-order chi connectivity index (χ1) is 9.61. The summed E-state index contributed by atoms with van der Waals surface area (Å²) in [5.74, 6) is 0.649. The van der Waals surface area contributed by atoms with Crippen LogP contribution in [0.4, 0.5) is 5.69 Å². The average Bonchev–Trinajstić information content (AvgIpc) is 2.39. The molecule has 4 heteroatoms. The van der Waals surface area contributed by atoms with Crippen LogP contribution in [0.2, 0.25) is 5.02 Å². The molecule has 0 unspecified atom stereocenters. The Morgan fingerprint density at radius 1 is 1.00 bits per heavy atom. The first-order valence-electron chi connectivity index (χ1n) is 6.59. The van der Waals surface area contributed by atoms with Crippen LogP contribution in [-0.4, -0.2) is 6.04 Å². The van der Waals surface area contributed by atoms with Gasteiger partial charge in [-0.3, -0.25) is 0 Å². The fourth-order valence-electron chi connectivity index (χ4n) is 2.57. The van der Waals surface area contributed by atoms with E-state index < -0.39 is 0 Å². The first-order valence-corrected chi connectivity index (χ1v) is 8.55. The van der Waals surface area contributed by atoms with Crippen molar-refractivity contribution in [3.8, 4) is 0 Å². The molecule has 0 atom stereocenters. The molecule has 1 N–H and O–H groups in total. The third-order valence-electron chi connectivity index (χ3n) is 3.77. The van der Waals surface area contributed by atoms with Crippen LogP contribution in [0.1, 0.15) is 24.3 Å². The second-order valence-corrected chi connectivity index (χ2v) is 7.39. The van der Waals surface area contributed by atoms with Gasteiger partial charge in [0.15, 0.2) is 0 Å². The summed E-state index contributed by atoms with van der Waals surface area (Å²) in [7, 11) is 0. The van der Waals surface area contributed by atoms with Crippen LogP contribution in [0.3, 0.4) is 0 Å². The zero-order chi connectivity index (χ0) is 14.1. The third-order valence-corrected chi connectivity index (χ3v) is 5.20. The Labute approximate surface area is 141 Å². The Morgan fingerprint density at radius 2 is 1.70 bits per heavy atom. The van der Waals surface area contributed by atoms with Crippen molar-refractivity contribution in [3.05, 3.63) is 62.0 Å². The zero-order valence-electron chi connectivity index (χ0n) is 10.7. The average molecular weight is 416 g/mol. The molecule has 0 aliphatic heterocycles. The van der Waals surface area contributed by atoms with E-state index >= 15 is 0 Å². The van der Waals surface area contributed by atoms with E-state index in [1.165, 1.54) is 18.4 Å². The van der Waals surface area contributed by atoms with Gasteiger partial charge in [-0.05, 0) is 70.6 Å². The van der Waals surface area contributed by atoms with E-state index in [0.29, 0.717) is 12.0 Å². The molecule has 20 heavy (non-hydrogen) atoms. The maximum absolute atomic E-state index is 5.92. The predicted octanol–water partition coefficient (Wildman–Crippen LogP) is 6.22. The molecule has 3 rings (SSSR count). The highest BCUT2D eigenvalue weighted by atomic mass is 79.9. The molecule has 1 fully saturated rings. The van der Waals surface area contributed by atoms with Gasteiger partial charge in [0.2, 0.25) is 0 Å². The Kier molecular flexibility index (Phi) is 4.39. The van der Waals surface area contributed by atoms with E-state index in [1.54, 1.807) is 0 Å². The summed E-state index contributed by atoms with van der Waals surface area (Å²) in [6.45, 7) is 0. The standard InChI is InChI=1S/C16H14Br2ClN/c17-12-3-6-15(18)16(9-12)20-14-7-11(8-14)10-1-4-13(19)5-2-10/h1-6,9,11,14,20H,7-8H2. The number of hydrogen-bond donors (Lipinski definition) is 1. The minimum atomic E-state index is 0.543. The quantitative estimate of drug-likeness (QED) is 0.627. The highest BCUT2D eigenvalue weighted by Gasteiger charge is 2.30. The second-order valence-electron chi connectivity index (χ2n) is 5.19. The molecule has 1 aliphatic rings. The van der Waals surface area contributed by atoms with Crippen LogP contribution in [0.15, 0.2) is 51.4 Å². The van der Waals surface area contributed by atoms with Gasteiger partial charge in [0.05, 0.1) is 0 Å². The van der Waals surface area contributed by atoms with Gasteiger partial charge in [0.1, 0.15) is 0 Å². The van der Waals surface area contributed by atoms with E-state index in [2.05, 4.69) is 61.4 Å². The first kappa shape index (κ1) is 14.4. The Balaban J connectivity index is 1.60. The van der Waals surface area contributed by atoms with Crippen LogP contribution < -0.4 is 5.32 Å². The van der Waals surface area contributed by atoms with Crippen molar-refractivity contribution < 1.29 is 0 Å². The van der Waals surface area contributed by atoms with Crippen molar-refractivity contribution in [2.24, 2.45) is 0 Å². The topological polar surface area (TPSA) is 12.0 Å². The molecule has 1 aliphatic carbocycles. The third kappa shape index (κ3) is 3.21. The summed E-state index contributed by atoms with van der Waals surface area (Å²) in [6, 6.07) is 15.0. The predicted molar refractivity (Wildman–Crippen MR) is 92.7 cm³/mol. The van der Waals surface area contributed by atoms with Crippen LogP contribution in [0, 0.1) is 0 Å². The van der Waals surface area contributed by atoms with Gasteiger partial charge in [0, 0.05) is 25.7 Å². The summed E-state index contributed by atoms with van der Waals surface area (Å²) in [5.41, 5.74) is 2.54. The fraction of sp³-hybridized carbons (Fsp3) is 0.250. The molecule has 0 amide bonds. The molecular weight excluding hydrogens is 401 g/mol. The molecule has 1 saturated carbocycles. The number of nitrogens with one attached hydrogen (secondary N) is 1. The van der Waals surface area contributed by atoms with Crippen molar-refractivity contribution in [3.63, 3.8) is 0 Å². The molecule has 2 aromatic rings. The molecular formula is C16H14Br2ClN. The van der Waals surface area contributed by atoms with Crippen LogP contribution in [0.25, 0.3) is 0 Å². The Morgan fingerprint density at radius 3 is 2.40 bits per heavy atom. The number of halogens is 3. The van der Waals surface area contributed by atoms with Gasteiger partial charge in [-0.15, -0.1) is 0 Å². The van der Waals surface area contributed by atoms with E-state index in [4.69, 9.17) is 11.6 Å². The monoisotopic (exact) mass is 413 g/mol. The summed E-state index contributed by atoms with van der Waals surface area (Å²) < 4.78 is 2.20. The number of benzene rings is 2. The smallest absolute Gasteiger partial charge is 0.0498 e. The normalized spacial score (nSPS) is 21.4. The molecule has 2 aromatic carbocycles. The Hall–Kier alpha value is -0.510. The summed E-state index contributed by atoms with van der Waals surface area (Å²) in [6.07, 6.45) is 2.33. The van der Waals surface area contributed by atoms with Gasteiger partial charge in [-0.2, -0.15) is 0 Å². The van der Waals surface area contributed by atoms with Gasteiger partial charge in [-0.1, -0.05) is 39.7 Å². The fourth-order valence-corrected chi connectivity index (χ4v) is 3.42. The molecule has 0 aromatic heterocycles. The molecule has 0 spiro atoms. The van der Waals surface area contributed by atoms with Crippen LogP contribution >= 0.6 is 43.5 Å². The maximum atomic E-state index is 5.92. The van der Waals surface area contributed by atoms with Gasteiger partial charge in [-0.25, -0.2) is 0 Å². The minimum absolute atomic E-state index is 0.543. The molecule has 104 valence electrons. The van der Waals surface area contributed by atoms with Crippen molar-refractivity contribution in [2.45, 2.75) is 24.8 Å². The number of hydrogen-bond acceptors (Lipinski definition) is 1. The molecule has 0 radical (unpaired) electrons. The minimum Gasteiger partial charge on any atom is -0.381 e. The van der Waals surface area contributed by atoms with Crippen molar-refractivity contribution in [1.82, 2.24) is 0 Å². The molecule has 0 bridgehead atoms. The Bertz CT molecular complexity index is 606. The van der Waals surface area contributed by atoms with Crippen molar-refractivity contribution in [2.75, 3.05) is 5.32 Å². The van der Waals surface area contributed by atoms with Crippen LogP contribution in [0.5, 0.6) is 0 Å². The maximum Gasteiger partial charge on any atom is 0.0498 e. The molecule has 0 heterocycles. The second kappa shape index (κ2) is 6.08. The van der Waals surface area contributed by atoms with Crippen molar-refractivity contribution >= 4 is 49.1 Å². The number of anilines is 1. The zero-order valence-corrected chi connectivity index (χ0v) is 14.7. The van der Waals surface area contributed by atoms with Crippen molar-refractivity contribution in [1.29, 1.82) is 0 Å². The summed E-state index contributed by atoms with van der Waals surface area (Å²) in [4.78, 5) is 0. The van der Waals surface area contributed by atoms with E-state index in [9.17, 15) is 0 Å². The molecule has 1 nitrogen and oxygen atoms in total. The summed E-state index contributed by atoms with van der Waals surface area (Å²) >= 11 is 13.0. The van der Waals surface area contributed by atoms with Gasteiger partial charge < -0.3 is 5.32 Å². The SMILES string of the molecule is Clc1ccc(C2CC(Nc3cc(Br)ccc3Br)C2)cc1. The van der Waals surface area contributed by atoms with E-state index in [1.807, 2.05) is 18.2 Å². The molecule has 0 saturated heterocycles. The lowest BCUT2D eigenvalue weighted by Crippen LogP contribution is -2.34. The van der Waals surface area contributed by atoms with Gasteiger partial charge >= 0.3 is 0 Å². The largest absolute Gasteiger partial charge is 0.381 e. The highest BCUT2D eigenvalue weighted by Crippen LogP contribution is 2.40. The highest BCUT2D eigenvalue weighted by molar-refractivity contribution is 9.11. The summed E-state index contributed by atoms with van der Waals surface area (Å²) in [5, 5.41) is 4.40. The van der Waals surface area contributed by atoms with Crippen LogP contribution in [-0.2, 0) is 0 Å².